The van der Waals surface area contributed by atoms with E-state index in [1.807, 2.05) is 0 Å². The van der Waals surface area contributed by atoms with Crippen molar-refractivity contribution in [1.29, 1.82) is 5.41 Å². The summed E-state index contributed by atoms with van der Waals surface area (Å²) < 4.78 is 2.38. The third kappa shape index (κ3) is 1.08. The molecule has 0 aromatic carbocycles. The van der Waals surface area contributed by atoms with Crippen molar-refractivity contribution < 1.29 is 5.21 Å². The number of hydrogen-bond acceptors (Lipinski definition) is 4. The number of rotatable bonds is 2. The fourth-order valence-electron chi connectivity index (χ4n) is 1.23. The highest BCUT2D eigenvalue weighted by atomic mass is 16.5. The number of allylic oxidation sites excluding steroid dienone is 1. The summed E-state index contributed by atoms with van der Waals surface area (Å²) in [5, 5.41) is 16.7. The van der Waals surface area contributed by atoms with E-state index in [0.717, 1.165) is 0 Å². The molecule has 2 aromatic rings. The van der Waals surface area contributed by atoms with Gasteiger partial charge in [-0.25, -0.2) is 9.97 Å². The zero-order chi connectivity index (χ0) is 10.1. The van der Waals surface area contributed by atoms with Crippen molar-refractivity contribution in [3.05, 3.63) is 30.8 Å². The average Bonchev–Trinajstić information content (AvgIpc) is 2.57. The fourth-order valence-corrected chi connectivity index (χ4v) is 1.23. The minimum Gasteiger partial charge on any atom is -0.425 e. The molecule has 0 aliphatic rings. The summed E-state index contributed by atoms with van der Waals surface area (Å²) in [6.07, 6.45) is 4.45. The third-order valence-corrected chi connectivity index (χ3v) is 1.88. The molecule has 0 spiro atoms. The number of imidazole rings is 1. The summed E-state index contributed by atoms with van der Waals surface area (Å²) in [6, 6.07) is 0. The second-order valence-electron chi connectivity index (χ2n) is 2.80. The molecule has 6 heteroatoms. The molecule has 2 aromatic heterocycles. The lowest BCUT2D eigenvalue weighted by Gasteiger charge is -1.99. The predicted molar refractivity (Wildman–Crippen MR) is 48.8 cm³/mol. The second-order valence-corrected chi connectivity index (χ2v) is 2.80. The topological polar surface area (TPSA) is 79.7 Å². The highest BCUT2D eigenvalue weighted by Crippen LogP contribution is 2.03. The van der Waals surface area contributed by atoms with E-state index in [0.29, 0.717) is 22.4 Å². The Morgan fingerprint density at radius 2 is 2.29 bits per heavy atom. The molecule has 2 N–H and O–H groups in total. The highest BCUT2D eigenvalue weighted by Gasteiger charge is 2.05. The van der Waals surface area contributed by atoms with E-state index in [2.05, 4.69) is 16.5 Å². The first-order valence-corrected chi connectivity index (χ1v) is 4.01. The maximum atomic E-state index is 9.15. The molecule has 0 aliphatic heterocycles. The third-order valence-electron chi connectivity index (χ3n) is 1.88. The smallest absolute Gasteiger partial charge is 0.192 e. The van der Waals surface area contributed by atoms with Crippen LogP contribution in [0.5, 0.6) is 0 Å². The lowest BCUT2D eigenvalue weighted by Crippen LogP contribution is -2.18. The number of nitrogens with one attached hydrogen (secondary N) is 1. The molecule has 0 radical (unpaired) electrons. The molecule has 0 amide bonds. The molecule has 14 heavy (non-hydrogen) atoms. The minimum absolute atomic E-state index is 0.0715. The molecular weight excluding hydrogens is 182 g/mol. The zero-order valence-corrected chi connectivity index (χ0v) is 7.38. The molecule has 0 bridgehead atoms. The molecule has 2 rings (SSSR count). The van der Waals surface area contributed by atoms with E-state index in [-0.39, 0.29) is 5.49 Å². The van der Waals surface area contributed by atoms with Gasteiger partial charge in [0.15, 0.2) is 16.7 Å². The summed E-state index contributed by atoms with van der Waals surface area (Å²) in [7, 11) is 0. The maximum absolute atomic E-state index is 9.15. The van der Waals surface area contributed by atoms with Crippen molar-refractivity contribution in [2.75, 3.05) is 0 Å². The van der Waals surface area contributed by atoms with Gasteiger partial charge in [0, 0.05) is 6.54 Å². The van der Waals surface area contributed by atoms with Crippen LogP contribution in [0, 0.1) is 5.41 Å². The van der Waals surface area contributed by atoms with Crippen molar-refractivity contribution >= 4 is 11.2 Å². The van der Waals surface area contributed by atoms with Crippen LogP contribution in [0.1, 0.15) is 0 Å². The lowest BCUT2D eigenvalue weighted by molar-refractivity contribution is 0.168. The number of hydrogen-bond donors (Lipinski definition) is 2. The molecular formula is C8H9N5O. The van der Waals surface area contributed by atoms with Crippen LogP contribution in [-0.4, -0.2) is 24.5 Å². The van der Waals surface area contributed by atoms with Gasteiger partial charge in [-0.15, -0.1) is 6.58 Å². The average molecular weight is 191 g/mol. The normalized spacial score (nSPS) is 10.6. The van der Waals surface area contributed by atoms with Crippen molar-refractivity contribution in [1.82, 2.24) is 19.3 Å². The van der Waals surface area contributed by atoms with Crippen LogP contribution in [0.25, 0.3) is 11.2 Å². The molecule has 0 unspecified atom stereocenters. The summed E-state index contributed by atoms with van der Waals surface area (Å²) in [4.78, 5) is 7.95. The Morgan fingerprint density at radius 3 is 3.00 bits per heavy atom. The van der Waals surface area contributed by atoms with Crippen LogP contribution in [0.15, 0.2) is 25.3 Å². The van der Waals surface area contributed by atoms with Crippen molar-refractivity contribution in [3.63, 3.8) is 0 Å². The predicted octanol–water partition coefficient (Wildman–Crippen LogP) is 0.136. The van der Waals surface area contributed by atoms with Crippen molar-refractivity contribution in [2.45, 2.75) is 6.54 Å². The number of fused-ring (bicyclic) bond motifs is 1. The molecule has 0 saturated heterocycles. The molecule has 72 valence electrons. The first kappa shape index (κ1) is 8.49. The van der Waals surface area contributed by atoms with E-state index in [1.165, 1.54) is 6.33 Å². The Kier molecular flexibility index (Phi) is 1.81. The summed E-state index contributed by atoms with van der Waals surface area (Å²) in [5.74, 6) is 0. The lowest BCUT2D eigenvalue weighted by atomic mass is 10.5. The Morgan fingerprint density at radius 1 is 1.50 bits per heavy atom. The minimum atomic E-state index is -0.0715. The van der Waals surface area contributed by atoms with Gasteiger partial charge in [0.1, 0.15) is 6.33 Å². The molecule has 0 atom stereocenters. The van der Waals surface area contributed by atoms with Gasteiger partial charge >= 0.3 is 0 Å². The number of aromatic nitrogens is 4. The Hall–Kier alpha value is -2.11. The Labute approximate surface area is 79.2 Å². The molecule has 0 saturated carbocycles. The Balaban J connectivity index is 2.77. The van der Waals surface area contributed by atoms with Gasteiger partial charge in [-0.1, -0.05) is 6.08 Å². The summed E-state index contributed by atoms with van der Waals surface area (Å²) >= 11 is 0. The van der Waals surface area contributed by atoms with Crippen LogP contribution in [-0.2, 0) is 6.54 Å². The summed E-state index contributed by atoms with van der Waals surface area (Å²) in [5.41, 5.74) is 0.870. The van der Waals surface area contributed by atoms with Crippen molar-refractivity contribution in [3.8, 4) is 0 Å². The van der Waals surface area contributed by atoms with E-state index in [1.54, 1.807) is 17.0 Å². The van der Waals surface area contributed by atoms with Crippen LogP contribution in [0.3, 0.4) is 0 Å². The van der Waals surface area contributed by atoms with Gasteiger partial charge in [-0.3, -0.25) is 5.41 Å². The molecule has 0 aliphatic carbocycles. The van der Waals surface area contributed by atoms with Gasteiger partial charge in [-0.2, -0.15) is 4.73 Å². The van der Waals surface area contributed by atoms with Gasteiger partial charge in [0.25, 0.3) is 0 Å². The van der Waals surface area contributed by atoms with Crippen LogP contribution in [0.4, 0.5) is 0 Å². The van der Waals surface area contributed by atoms with E-state index in [4.69, 9.17) is 10.6 Å². The molecule has 2 heterocycles. The number of nitrogens with zero attached hydrogens (tertiary/aromatic N) is 4. The quantitative estimate of drug-likeness (QED) is 0.523. The second kappa shape index (κ2) is 2.99. The largest absolute Gasteiger partial charge is 0.425 e. The first-order chi connectivity index (χ1) is 6.74. The van der Waals surface area contributed by atoms with Gasteiger partial charge in [0.05, 0.1) is 6.33 Å². The van der Waals surface area contributed by atoms with E-state index < -0.39 is 0 Å². The fraction of sp³-hybridized carbons (Fsp3) is 0.125. The van der Waals surface area contributed by atoms with E-state index in [9.17, 15) is 0 Å². The zero-order valence-electron chi connectivity index (χ0n) is 7.38. The SMILES string of the molecule is C=CCn1cnc2c(=N)n(O)cnc21. The Bertz CT molecular complexity index is 538. The highest BCUT2D eigenvalue weighted by molar-refractivity contribution is 5.68. The first-order valence-electron chi connectivity index (χ1n) is 4.01. The molecule has 6 nitrogen and oxygen atoms in total. The maximum Gasteiger partial charge on any atom is 0.192 e. The van der Waals surface area contributed by atoms with E-state index >= 15 is 0 Å². The monoisotopic (exact) mass is 191 g/mol. The standard InChI is InChI=1S/C8H9N5O/c1-2-3-12-4-10-6-7(9)13(14)5-11-8(6)12/h2,4-5,9,14H,1,3H2. The van der Waals surface area contributed by atoms with Gasteiger partial charge < -0.3 is 9.77 Å². The van der Waals surface area contributed by atoms with Crippen LogP contribution >= 0.6 is 0 Å². The van der Waals surface area contributed by atoms with Gasteiger partial charge in [0.2, 0.25) is 0 Å². The van der Waals surface area contributed by atoms with Crippen LogP contribution in [0.2, 0.25) is 0 Å². The van der Waals surface area contributed by atoms with Crippen molar-refractivity contribution in [2.24, 2.45) is 0 Å². The van der Waals surface area contributed by atoms with Gasteiger partial charge in [-0.05, 0) is 0 Å². The molecule has 0 fully saturated rings. The summed E-state index contributed by atoms with van der Waals surface area (Å²) in [6.45, 7) is 4.19. The van der Waals surface area contributed by atoms with Crippen LogP contribution < -0.4 is 5.49 Å².